The summed E-state index contributed by atoms with van der Waals surface area (Å²) in [4.78, 5) is 43.7. The smallest absolute Gasteiger partial charge is 0.549 e. The van der Waals surface area contributed by atoms with Crippen LogP contribution in [0.4, 0.5) is 0 Å². The summed E-state index contributed by atoms with van der Waals surface area (Å²) in [5, 5.41) is 39.8. The van der Waals surface area contributed by atoms with Crippen LogP contribution in [0.3, 0.4) is 0 Å². The predicted molar refractivity (Wildman–Crippen MR) is 76.2 cm³/mol. The molecule has 0 aliphatic carbocycles. The Balaban J connectivity index is -0.0000000982. The van der Waals surface area contributed by atoms with Crippen LogP contribution in [0.15, 0.2) is 0 Å². The van der Waals surface area contributed by atoms with Crippen molar-refractivity contribution in [2.24, 2.45) is 0 Å². The molecule has 0 aromatic rings. The van der Waals surface area contributed by atoms with Crippen molar-refractivity contribution in [2.75, 3.05) is 39.3 Å². The van der Waals surface area contributed by atoms with Crippen LogP contribution in [0.1, 0.15) is 0 Å². The van der Waals surface area contributed by atoms with Crippen LogP contribution >= 0.6 is 0 Å². The topological polar surface area (TPSA) is 285 Å². The zero-order valence-corrected chi connectivity index (χ0v) is 23.0. The van der Waals surface area contributed by atoms with Crippen LogP contribution in [-0.2, 0) is 30.5 Å². The number of carboxylic acid groups (broad SMARTS) is 4. The SMILES string of the molecule is O.O.O=C([O-])CN(CCN(CC(=O)[O-])CC(=O)O)CC(=O)[O-].O=S(O)O.[Na+].[Na+].[Na+]. The van der Waals surface area contributed by atoms with E-state index < -0.39 is 61.4 Å². The molecule has 156 valence electrons. The maximum atomic E-state index is 10.5. The van der Waals surface area contributed by atoms with Gasteiger partial charge in [-0.1, -0.05) is 0 Å². The van der Waals surface area contributed by atoms with Gasteiger partial charge >= 0.3 is 94.6 Å². The van der Waals surface area contributed by atoms with Gasteiger partial charge in [0.15, 0.2) is 0 Å². The Labute approximate surface area is 234 Å². The van der Waals surface area contributed by atoms with E-state index in [2.05, 4.69) is 0 Å². The maximum absolute atomic E-state index is 10.5. The number of hydrogen-bond donors (Lipinski definition) is 3. The Kier molecular flexibility index (Phi) is 47.2. The number of rotatable bonds is 11. The molecule has 0 aliphatic heterocycles. The summed E-state index contributed by atoms with van der Waals surface area (Å²) in [5.41, 5.74) is 0. The maximum Gasteiger partial charge on any atom is 1.00 e. The van der Waals surface area contributed by atoms with E-state index in [1.54, 1.807) is 0 Å². The van der Waals surface area contributed by atoms with Crippen molar-refractivity contribution in [3.05, 3.63) is 0 Å². The second kappa shape index (κ2) is 28.8. The third kappa shape index (κ3) is 43.5. The van der Waals surface area contributed by atoms with E-state index in [9.17, 15) is 34.5 Å². The molecule has 15 nitrogen and oxygen atoms in total. The fraction of sp³-hybridized carbons (Fsp3) is 0.600. The molecule has 0 saturated carbocycles. The number of carboxylic acids is 4. The van der Waals surface area contributed by atoms with Crippen LogP contribution in [0.25, 0.3) is 0 Å². The van der Waals surface area contributed by atoms with Gasteiger partial charge in [0.1, 0.15) is 0 Å². The van der Waals surface area contributed by atoms with Gasteiger partial charge < -0.3 is 45.8 Å². The second-order valence-corrected chi connectivity index (χ2v) is 4.62. The molecule has 0 saturated heterocycles. The van der Waals surface area contributed by atoms with Gasteiger partial charge in [-0.25, -0.2) is 0 Å². The first kappa shape index (κ1) is 47.5. The monoisotopic (exact) mass is 476 g/mol. The Morgan fingerprint density at radius 3 is 1.07 bits per heavy atom. The standard InChI is InChI=1S/C10H16N2O8.3Na.H2O3S.2H2O/c13-7(14)3-11(4-8(15)16)1-2-12(5-9(17)18)6-10(19)20;;;;1-4(2)3;;/h1-6H2,(H,13,14)(H,15,16)(H,17,18)(H,19,20);;;;(H2,1,2,3);2*1H2/q;3*+1;;;/p-3. The summed E-state index contributed by atoms with van der Waals surface area (Å²) in [6.07, 6.45) is 0. The van der Waals surface area contributed by atoms with Gasteiger partial charge in [-0.2, -0.15) is 4.21 Å². The molecule has 0 aliphatic rings. The molecular weight excluding hydrogens is 457 g/mol. The van der Waals surface area contributed by atoms with Crippen molar-refractivity contribution >= 4 is 35.2 Å². The number of aliphatic carboxylic acids is 4. The van der Waals surface area contributed by atoms with Crippen LogP contribution in [0, 0.1) is 0 Å². The molecule has 0 aromatic heterocycles. The molecule has 0 spiro atoms. The zero-order chi connectivity index (χ0) is 19.3. The average molecular weight is 476 g/mol. The van der Waals surface area contributed by atoms with Crippen LogP contribution in [-0.4, -0.2) is 102 Å². The summed E-state index contributed by atoms with van der Waals surface area (Å²) in [7, 11) is 0. The summed E-state index contributed by atoms with van der Waals surface area (Å²) in [5.74, 6) is -5.82. The van der Waals surface area contributed by atoms with Crippen molar-refractivity contribution in [3.8, 4) is 0 Å². The first-order valence-electron chi connectivity index (χ1n) is 6.00. The molecule has 0 bridgehead atoms. The van der Waals surface area contributed by atoms with Gasteiger partial charge in [-0.15, -0.1) is 0 Å². The normalized spacial score (nSPS) is 8.59. The van der Waals surface area contributed by atoms with E-state index in [1.165, 1.54) is 0 Å². The molecule has 7 N–H and O–H groups in total. The van der Waals surface area contributed by atoms with E-state index in [0.717, 1.165) is 9.80 Å². The third-order valence-electron chi connectivity index (χ3n) is 2.15. The van der Waals surface area contributed by atoms with Crippen molar-refractivity contribution < 1.29 is 153 Å². The first-order chi connectivity index (χ1) is 10.9. The Morgan fingerprint density at radius 1 is 0.690 bits per heavy atom. The average Bonchev–Trinajstić information content (AvgIpc) is 2.32. The largest absolute Gasteiger partial charge is 1.00 e. The fourth-order valence-electron chi connectivity index (χ4n) is 1.45. The van der Waals surface area contributed by atoms with Crippen molar-refractivity contribution in [3.63, 3.8) is 0 Å². The molecule has 0 radical (unpaired) electrons. The summed E-state index contributed by atoms with van der Waals surface area (Å²) >= 11 is -2.61. The first-order valence-corrected chi connectivity index (χ1v) is 7.06. The number of hydrogen-bond acceptors (Lipinski definition) is 10. The molecule has 0 amide bonds. The number of carbonyl (C=O) groups excluding carboxylic acids is 3. The van der Waals surface area contributed by atoms with Gasteiger partial charge in [0.2, 0.25) is 0 Å². The fourth-order valence-corrected chi connectivity index (χ4v) is 1.45. The molecule has 0 atom stereocenters. The summed E-state index contributed by atoms with van der Waals surface area (Å²) < 4.78 is 22.8. The Hall–Kier alpha value is 0.790. The minimum absolute atomic E-state index is 0. The summed E-state index contributed by atoms with van der Waals surface area (Å²) in [6, 6.07) is 0. The number of nitrogens with zero attached hydrogens (tertiary/aromatic N) is 2. The Morgan fingerprint density at radius 2 is 0.897 bits per heavy atom. The minimum Gasteiger partial charge on any atom is -0.549 e. The van der Waals surface area contributed by atoms with E-state index >= 15 is 0 Å². The van der Waals surface area contributed by atoms with Gasteiger partial charge in [-0.3, -0.25) is 23.7 Å². The predicted octanol–water partition coefficient (Wildman–Crippen LogP) is -17.0. The van der Waals surface area contributed by atoms with Gasteiger partial charge in [0.25, 0.3) is 11.4 Å². The van der Waals surface area contributed by atoms with Crippen molar-refractivity contribution in [1.82, 2.24) is 9.80 Å². The molecule has 0 unspecified atom stereocenters. The molecule has 0 heterocycles. The van der Waals surface area contributed by atoms with Crippen molar-refractivity contribution in [2.45, 2.75) is 0 Å². The number of carbonyl (C=O) groups is 4. The molecular formula is C10H19N2Na3O13S. The van der Waals surface area contributed by atoms with Crippen LogP contribution < -0.4 is 104 Å². The van der Waals surface area contributed by atoms with Gasteiger partial charge in [0.05, 0.1) is 24.5 Å². The zero-order valence-electron chi connectivity index (χ0n) is 16.2. The third-order valence-corrected chi connectivity index (χ3v) is 2.15. The Bertz CT molecular complexity index is 414. The van der Waals surface area contributed by atoms with Crippen LogP contribution in [0.2, 0.25) is 0 Å². The van der Waals surface area contributed by atoms with Gasteiger partial charge in [-0.05, 0) is 0 Å². The quantitative estimate of drug-likeness (QED) is 0.185. The van der Waals surface area contributed by atoms with E-state index in [4.69, 9.17) is 18.4 Å². The molecule has 19 heteroatoms. The molecule has 0 rings (SSSR count). The van der Waals surface area contributed by atoms with Gasteiger partial charge in [0, 0.05) is 32.7 Å². The minimum atomic E-state index is -2.61. The van der Waals surface area contributed by atoms with E-state index in [-0.39, 0.29) is 113 Å². The molecule has 0 aromatic carbocycles. The van der Waals surface area contributed by atoms with Crippen molar-refractivity contribution in [1.29, 1.82) is 0 Å². The van der Waals surface area contributed by atoms with Crippen LogP contribution in [0.5, 0.6) is 0 Å². The molecule has 0 fully saturated rings. The second-order valence-electron chi connectivity index (χ2n) is 4.16. The van der Waals surface area contributed by atoms with E-state index in [1.807, 2.05) is 0 Å². The molecule has 29 heavy (non-hydrogen) atoms. The summed E-state index contributed by atoms with van der Waals surface area (Å²) in [6.45, 7) is -3.00. The van der Waals surface area contributed by atoms with E-state index in [0.29, 0.717) is 0 Å².